The summed E-state index contributed by atoms with van der Waals surface area (Å²) in [4.78, 5) is 22.8. The Bertz CT molecular complexity index is 683. The van der Waals surface area contributed by atoms with Crippen molar-refractivity contribution in [2.75, 3.05) is 12.4 Å². The minimum atomic E-state index is -1.02. The van der Waals surface area contributed by atoms with E-state index in [1.807, 2.05) is 0 Å². The number of nitrogens with one attached hydrogen (secondary N) is 1. The van der Waals surface area contributed by atoms with Gasteiger partial charge < -0.3 is 15.2 Å². The first-order valence-corrected chi connectivity index (χ1v) is 6.37. The number of methoxy groups -OCH3 is 1. The molecule has 108 valence electrons. The van der Waals surface area contributed by atoms with E-state index in [4.69, 9.17) is 21.4 Å². The lowest BCUT2D eigenvalue weighted by Crippen LogP contribution is -2.12. The Hall–Kier alpha value is -2.53. The molecule has 0 fully saturated rings. The third-order valence-corrected chi connectivity index (χ3v) is 3.10. The molecule has 0 atom stereocenters. The average molecular weight is 306 g/mol. The molecule has 0 aliphatic heterocycles. The summed E-state index contributed by atoms with van der Waals surface area (Å²) in [7, 11) is 1.49. The van der Waals surface area contributed by atoms with Crippen LogP contribution in [0.2, 0.25) is 5.02 Å². The molecule has 2 rings (SSSR count). The van der Waals surface area contributed by atoms with Gasteiger partial charge in [0.25, 0.3) is 5.91 Å². The highest BCUT2D eigenvalue weighted by Gasteiger charge is 2.10. The number of anilines is 1. The summed E-state index contributed by atoms with van der Waals surface area (Å²) < 4.78 is 5.01. The number of carbonyl (C=O) groups is 2. The molecule has 2 N–H and O–H groups in total. The van der Waals surface area contributed by atoms with Crippen LogP contribution in [-0.4, -0.2) is 24.1 Å². The summed E-state index contributed by atoms with van der Waals surface area (Å²) in [6, 6.07) is 10.6. The molecular formula is C15H12ClNO4. The Kier molecular flexibility index (Phi) is 4.45. The van der Waals surface area contributed by atoms with Crippen molar-refractivity contribution >= 4 is 29.2 Å². The summed E-state index contributed by atoms with van der Waals surface area (Å²) in [5.74, 6) is -0.878. The van der Waals surface area contributed by atoms with Gasteiger partial charge in [0.15, 0.2) is 0 Å². The Morgan fingerprint density at radius 2 is 1.71 bits per heavy atom. The molecule has 5 nitrogen and oxygen atoms in total. The van der Waals surface area contributed by atoms with Gasteiger partial charge in [-0.3, -0.25) is 4.79 Å². The van der Waals surface area contributed by atoms with Crippen molar-refractivity contribution in [3.63, 3.8) is 0 Å². The average Bonchev–Trinajstić information content (AvgIpc) is 2.47. The molecule has 0 heterocycles. The maximum absolute atomic E-state index is 12.1. The minimum absolute atomic E-state index is 0.153. The molecule has 2 aromatic carbocycles. The maximum atomic E-state index is 12.1. The molecule has 0 aromatic heterocycles. The molecule has 21 heavy (non-hydrogen) atoms. The van der Waals surface area contributed by atoms with E-state index < -0.39 is 5.97 Å². The summed E-state index contributed by atoms with van der Waals surface area (Å²) in [6.45, 7) is 0. The summed E-state index contributed by atoms with van der Waals surface area (Å²) in [5, 5.41) is 11.8. The molecule has 0 unspecified atom stereocenters. The largest absolute Gasteiger partial charge is 0.495 e. The number of benzene rings is 2. The molecule has 0 spiro atoms. The van der Waals surface area contributed by atoms with Gasteiger partial charge in [-0.15, -0.1) is 0 Å². The molecular weight excluding hydrogens is 294 g/mol. The third-order valence-electron chi connectivity index (χ3n) is 2.80. The number of rotatable bonds is 4. The van der Waals surface area contributed by atoms with E-state index in [0.717, 1.165) is 0 Å². The molecule has 0 saturated heterocycles. The van der Waals surface area contributed by atoms with Crippen molar-refractivity contribution in [2.24, 2.45) is 0 Å². The van der Waals surface area contributed by atoms with E-state index in [1.165, 1.54) is 37.4 Å². The number of carboxylic acid groups (broad SMARTS) is 1. The van der Waals surface area contributed by atoms with Crippen LogP contribution in [0.25, 0.3) is 0 Å². The van der Waals surface area contributed by atoms with Crippen LogP contribution in [-0.2, 0) is 0 Å². The van der Waals surface area contributed by atoms with Crippen LogP contribution in [0, 0.1) is 0 Å². The predicted octanol–water partition coefficient (Wildman–Crippen LogP) is 3.30. The lowest BCUT2D eigenvalue weighted by molar-refractivity contribution is 0.0696. The summed E-state index contributed by atoms with van der Waals surface area (Å²) in [6.07, 6.45) is 0. The monoisotopic (exact) mass is 305 g/mol. The number of carbonyl (C=O) groups excluding carboxylic acids is 1. The second kappa shape index (κ2) is 6.28. The van der Waals surface area contributed by atoms with Gasteiger partial charge in [-0.1, -0.05) is 11.6 Å². The van der Waals surface area contributed by atoms with Gasteiger partial charge in [0, 0.05) is 11.3 Å². The number of amides is 1. The van der Waals surface area contributed by atoms with Crippen LogP contribution in [0.4, 0.5) is 5.69 Å². The standard InChI is InChI=1S/C15H12ClNO4/c1-21-13-7-4-10(8-12(13)16)14(18)17-11-5-2-9(3-6-11)15(19)20/h2-8H,1H3,(H,17,18)(H,19,20). The summed E-state index contributed by atoms with van der Waals surface area (Å²) >= 11 is 5.96. The molecule has 1 amide bonds. The fourth-order valence-corrected chi connectivity index (χ4v) is 1.96. The minimum Gasteiger partial charge on any atom is -0.495 e. The fraction of sp³-hybridized carbons (Fsp3) is 0.0667. The Morgan fingerprint density at radius 1 is 1.10 bits per heavy atom. The van der Waals surface area contributed by atoms with E-state index in [-0.39, 0.29) is 11.5 Å². The van der Waals surface area contributed by atoms with Gasteiger partial charge in [0.1, 0.15) is 5.75 Å². The maximum Gasteiger partial charge on any atom is 0.335 e. The van der Waals surface area contributed by atoms with Gasteiger partial charge in [-0.2, -0.15) is 0 Å². The third kappa shape index (κ3) is 3.52. The van der Waals surface area contributed by atoms with E-state index in [1.54, 1.807) is 12.1 Å². The van der Waals surface area contributed by atoms with Crippen LogP contribution in [0.1, 0.15) is 20.7 Å². The lowest BCUT2D eigenvalue weighted by atomic mass is 10.1. The molecule has 0 bridgehead atoms. The van der Waals surface area contributed by atoms with Crippen LogP contribution in [0.3, 0.4) is 0 Å². The van der Waals surface area contributed by atoms with Gasteiger partial charge in [-0.05, 0) is 42.5 Å². The van der Waals surface area contributed by atoms with Crippen LogP contribution in [0.15, 0.2) is 42.5 Å². The predicted molar refractivity (Wildman–Crippen MR) is 79.4 cm³/mol. The quantitative estimate of drug-likeness (QED) is 0.908. The van der Waals surface area contributed by atoms with Crippen molar-refractivity contribution in [1.82, 2.24) is 0 Å². The zero-order valence-corrected chi connectivity index (χ0v) is 11.8. The first-order valence-electron chi connectivity index (χ1n) is 5.99. The molecule has 0 radical (unpaired) electrons. The summed E-state index contributed by atoms with van der Waals surface area (Å²) in [5.41, 5.74) is 1.03. The number of carboxylic acids is 1. The Balaban J connectivity index is 2.14. The second-order valence-electron chi connectivity index (χ2n) is 4.19. The molecule has 0 aliphatic carbocycles. The number of aromatic carboxylic acids is 1. The number of hydrogen-bond acceptors (Lipinski definition) is 3. The topological polar surface area (TPSA) is 75.6 Å². The van der Waals surface area contributed by atoms with Crippen LogP contribution < -0.4 is 10.1 Å². The normalized spacial score (nSPS) is 10.0. The van der Waals surface area contributed by atoms with E-state index in [0.29, 0.717) is 22.0 Å². The molecule has 6 heteroatoms. The van der Waals surface area contributed by atoms with Crippen molar-refractivity contribution in [2.45, 2.75) is 0 Å². The Morgan fingerprint density at radius 3 is 2.24 bits per heavy atom. The second-order valence-corrected chi connectivity index (χ2v) is 4.59. The number of ether oxygens (including phenoxy) is 1. The van der Waals surface area contributed by atoms with E-state index in [9.17, 15) is 9.59 Å². The van der Waals surface area contributed by atoms with Gasteiger partial charge in [0.2, 0.25) is 0 Å². The number of halogens is 1. The zero-order valence-electron chi connectivity index (χ0n) is 11.1. The van der Waals surface area contributed by atoms with Gasteiger partial charge in [-0.25, -0.2) is 4.79 Å². The van der Waals surface area contributed by atoms with Crippen LogP contribution in [0.5, 0.6) is 5.75 Å². The van der Waals surface area contributed by atoms with E-state index in [2.05, 4.69) is 5.32 Å². The van der Waals surface area contributed by atoms with Crippen molar-refractivity contribution in [1.29, 1.82) is 0 Å². The highest BCUT2D eigenvalue weighted by molar-refractivity contribution is 6.32. The SMILES string of the molecule is COc1ccc(C(=O)Nc2ccc(C(=O)O)cc2)cc1Cl. The first kappa shape index (κ1) is 14.9. The van der Waals surface area contributed by atoms with Crippen LogP contribution >= 0.6 is 11.6 Å². The molecule has 2 aromatic rings. The molecule has 0 saturated carbocycles. The van der Waals surface area contributed by atoms with Gasteiger partial charge in [0.05, 0.1) is 17.7 Å². The lowest BCUT2D eigenvalue weighted by Gasteiger charge is -2.08. The van der Waals surface area contributed by atoms with Crippen molar-refractivity contribution < 1.29 is 19.4 Å². The Labute approximate surface area is 126 Å². The number of hydrogen-bond donors (Lipinski definition) is 2. The highest BCUT2D eigenvalue weighted by atomic mass is 35.5. The van der Waals surface area contributed by atoms with Gasteiger partial charge >= 0.3 is 5.97 Å². The smallest absolute Gasteiger partial charge is 0.335 e. The van der Waals surface area contributed by atoms with Crippen molar-refractivity contribution in [3.8, 4) is 5.75 Å². The highest BCUT2D eigenvalue weighted by Crippen LogP contribution is 2.25. The zero-order chi connectivity index (χ0) is 15.4. The molecule has 0 aliphatic rings. The van der Waals surface area contributed by atoms with E-state index >= 15 is 0 Å². The first-order chi connectivity index (χ1) is 10.0. The fourth-order valence-electron chi connectivity index (χ4n) is 1.71. The van der Waals surface area contributed by atoms with Crippen molar-refractivity contribution in [3.05, 3.63) is 58.6 Å².